The van der Waals surface area contributed by atoms with Crippen LogP contribution in [-0.4, -0.2) is 41.0 Å². The van der Waals surface area contributed by atoms with E-state index < -0.39 is 36.0 Å². The number of nitrogens with zero attached hydrogens (tertiary/aromatic N) is 1. The van der Waals surface area contributed by atoms with Crippen LogP contribution in [0.1, 0.15) is 37.5 Å². The number of carbonyl (C=O) groups excluding carboxylic acids is 4. The Morgan fingerprint density at radius 3 is 2.75 bits per heavy atom. The topological polar surface area (TPSA) is 105 Å². The lowest BCUT2D eigenvalue weighted by atomic mass is 9.77. The molecule has 0 unspecified atom stereocenters. The molecule has 1 aliphatic heterocycles. The molecule has 1 aliphatic carbocycles. The van der Waals surface area contributed by atoms with Crippen LogP contribution in [0.5, 0.6) is 0 Å². The fraction of sp³-hybridized carbons (Fsp3) is 0.364. The molecule has 2 heterocycles. The number of amides is 4. The Hall–Kier alpha value is -2.91. The van der Waals surface area contributed by atoms with E-state index in [1.165, 1.54) is 23.5 Å². The first-order valence-electron chi connectivity index (χ1n) is 10.3. The molecule has 2 N–H and O–H groups in total. The molecule has 4 rings (SSSR count). The largest absolute Gasteiger partial charge is 0.452 e. The molecule has 0 bridgehead atoms. The van der Waals surface area contributed by atoms with Gasteiger partial charge in [0.15, 0.2) is 6.61 Å². The van der Waals surface area contributed by atoms with Gasteiger partial charge in [-0.15, -0.1) is 11.3 Å². The predicted molar refractivity (Wildman–Crippen MR) is 121 cm³/mol. The quantitative estimate of drug-likeness (QED) is 0.390. The molecule has 4 amide bonds. The van der Waals surface area contributed by atoms with E-state index in [1.807, 2.05) is 24.3 Å². The molecule has 2 fully saturated rings. The van der Waals surface area contributed by atoms with Gasteiger partial charge in [0, 0.05) is 21.0 Å². The van der Waals surface area contributed by atoms with Crippen molar-refractivity contribution in [3.63, 3.8) is 0 Å². The van der Waals surface area contributed by atoms with Gasteiger partial charge in [0.2, 0.25) is 0 Å². The predicted octanol–water partition coefficient (Wildman–Crippen LogP) is 3.64. The van der Waals surface area contributed by atoms with E-state index in [4.69, 9.17) is 16.3 Å². The standard InChI is InChI=1S/C22H22ClN3O5S/c1-13-8-10-22(11-9-13)20(29)26(21(30)24-22)25-17(27)12-31-18(28)7-6-16-19(23)14-4-2-3-5-15(14)32-16/h2-7,13H,8-12H2,1H3,(H,24,30)(H,25,27). The van der Waals surface area contributed by atoms with Crippen LogP contribution in [0.3, 0.4) is 0 Å². The molecule has 32 heavy (non-hydrogen) atoms. The van der Waals surface area contributed by atoms with E-state index in [9.17, 15) is 19.2 Å². The second-order valence-electron chi connectivity index (χ2n) is 8.09. The summed E-state index contributed by atoms with van der Waals surface area (Å²) < 4.78 is 5.91. The highest BCUT2D eigenvalue weighted by molar-refractivity contribution is 7.20. The molecule has 168 valence electrons. The van der Waals surface area contributed by atoms with E-state index in [-0.39, 0.29) is 0 Å². The summed E-state index contributed by atoms with van der Waals surface area (Å²) in [6, 6.07) is 6.92. The summed E-state index contributed by atoms with van der Waals surface area (Å²) >= 11 is 7.76. The van der Waals surface area contributed by atoms with E-state index in [0.29, 0.717) is 33.7 Å². The van der Waals surface area contributed by atoms with Crippen molar-refractivity contribution in [2.45, 2.75) is 38.1 Å². The average Bonchev–Trinajstić information content (AvgIpc) is 3.22. The summed E-state index contributed by atoms with van der Waals surface area (Å²) in [7, 11) is 0. The van der Waals surface area contributed by atoms with Crippen molar-refractivity contribution >= 4 is 62.9 Å². The summed E-state index contributed by atoms with van der Waals surface area (Å²) in [6.07, 6.45) is 5.41. The van der Waals surface area contributed by atoms with Crippen LogP contribution in [0.4, 0.5) is 4.79 Å². The maximum Gasteiger partial charge on any atom is 0.344 e. The SMILES string of the molecule is CC1CCC2(CC1)NC(=O)N(NC(=O)COC(=O)C=Cc1sc3ccccc3c1Cl)C2=O. The molecule has 2 aliphatic rings. The lowest BCUT2D eigenvalue weighted by molar-refractivity contribution is -0.147. The fourth-order valence-electron chi connectivity index (χ4n) is 3.94. The summed E-state index contributed by atoms with van der Waals surface area (Å²) in [5.41, 5.74) is 1.27. The minimum atomic E-state index is -0.959. The first-order valence-corrected chi connectivity index (χ1v) is 11.5. The van der Waals surface area contributed by atoms with Crippen LogP contribution in [0.15, 0.2) is 30.3 Å². The number of benzene rings is 1. The Bertz CT molecular complexity index is 1120. The Morgan fingerprint density at radius 2 is 2.03 bits per heavy atom. The minimum Gasteiger partial charge on any atom is -0.452 e. The van der Waals surface area contributed by atoms with Crippen molar-refractivity contribution in [1.82, 2.24) is 15.8 Å². The molecular formula is C22H22ClN3O5S. The van der Waals surface area contributed by atoms with Crippen molar-refractivity contribution in [3.05, 3.63) is 40.2 Å². The Morgan fingerprint density at radius 1 is 1.31 bits per heavy atom. The number of imide groups is 1. The number of hydrazine groups is 1. The van der Waals surface area contributed by atoms with Crippen molar-refractivity contribution in [1.29, 1.82) is 0 Å². The van der Waals surface area contributed by atoms with Gasteiger partial charge in [-0.25, -0.2) is 9.59 Å². The molecule has 0 atom stereocenters. The van der Waals surface area contributed by atoms with Gasteiger partial charge in [-0.05, 0) is 43.7 Å². The third-order valence-corrected chi connectivity index (χ3v) is 7.46. The molecule has 1 saturated heterocycles. The van der Waals surface area contributed by atoms with Crippen LogP contribution in [0.2, 0.25) is 5.02 Å². The highest BCUT2D eigenvalue weighted by Crippen LogP contribution is 2.36. The summed E-state index contributed by atoms with van der Waals surface area (Å²) in [5.74, 6) is -1.52. The number of urea groups is 1. The normalized spacial score (nSPS) is 23.2. The molecule has 2 aromatic rings. The summed E-state index contributed by atoms with van der Waals surface area (Å²) in [5, 5.41) is 4.82. The number of hydrogen-bond donors (Lipinski definition) is 2. The lowest BCUT2D eigenvalue weighted by Crippen LogP contribution is -2.52. The van der Waals surface area contributed by atoms with Crippen LogP contribution in [0.25, 0.3) is 16.2 Å². The highest BCUT2D eigenvalue weighted by atomic mass is 35.5. The third-order valence-electron chi connectivity index (χ3n) is 5.80. The van der Waals surface area contributed by atoms with Gasteiger partial charge < -0.3 is 10.1 Å². The van der Waals surface area contributed by atoms with Crippen LogP contribution in [0, 0.1) is 5.92 Å². The lowest BCUT2D eigenvalue weighted by Gasteiger charge is -2.33. The van der Waals surface area contributed by atoms with Crippen LogP contribution in [-0.2, 0) is 19.1 Å². The molecule has 8 nitrogen and oxygen atoms in total. The van der Waals surface area contributed by atoms with E-state index >= 15 is 0 Å². The second kappa shape index (κ2) is 8.91. The number of halogens is 1. The number of thiophene rings is 1. The first-order chi connectivity index (χ1) is 15.3. The number of fused-ring (bicyclic) bond motifs is 1. The second-order valence-corrected chi connectivity index (χ2v) is 9.55. The number of rotatable bonds is 5. The summed E-state index contributed by atoms with van der Waals surface area (Å²) in [4.78, 5) is 49.8. The van der Waals surface area contributed by atoms with Gasteiger partial charge in [-0.2, -0.15) is 5.01 Å². The van der Waals surface area contributed by atoms with Crippen molar-refractivity contribution in [2.75, 3.05) is 6.61 Å². The smallest absolute Gasteiger partial charge is 0.344 e. The molecule has 1 spiro atoms. The zero-order chi connectivity index (χ0) is 22.9. The van der Waals surface area contributed by atoms with Crippen molar-refractivity contribution in [3.8, 4) is 0 Å². The molecule has 0 radical (unpaired) electrons. The van der Waals surface area contributed by atoms with Gasteiger partial charge in [0.1, 0.15) is 5.54 Å². The van der Waals surface area contributed by atoms with Crippen LogP contribution >= 0.6 is 22.9 Å². The fourth-order valence-corrected chi connectivity index (χ4v) is 5.34. The van der Waals surface area contributed by atoms with Gasteiger partial charge in [-0.1, -0.05) is 36.7 Å². The Labute approximate surface area is 193 Å². The average molecular weight is 476 g/mol. The van der Waals surface area contributed by atoms with Gasteiger partial charge >= 0.3 is 12.0 Å². The highest BCUT2D eigenvalue weighted by Gasteiger charge is 2.52. The van der Waals surface area contributed by atoms with E-state index in [1.54, 1.807) is 0 Å². The first kappa shape index (κ1) is 22.3. The minimum absolute atomic E-state index is 0.478. The molecule has 1 aromatic heterocycles. The van der Waals surface area contributed by atoms with Gasteiger partial charge in [0.25, 0.3) is 11.8 Å². The molecule has 10 heteroatoms. The number of nitrogens with one attached hydrogen (secondary N) is 2. The molecule has 1 aromatic carbocycles. The Kier molecular flexibility index (Phi) is 6.21. The summed E-state index contributed by atoms with van der Waals surface area (Å²) in [6.45, 7) is 1.47. The number of esters is 1. The third kappa shape index (κ3) is 4.35. The zero-order valence-electron chi connectivity index (χ0n) is 17.4. The number of ether oxygens (including phenoxy) is 1. The maximum atomic E-state index is 12.7. The van der Waals surface area contributed by atoms with E-state index in [0.717, 1.165) is 22.9 Å². The molecule has 1 saturated carbocycles. The van der Waals surface area contributed by atoms with Crippen molar-refractivity contribution in [2.24, 2.45) is 5.92 Å². The van der Waals surface area contributed by atoms with Crippen molar-refractivity contribution < 1.29 is 23.9 Å². The molecular weight excluding hydrogens is 454 g/mol. The Balaban J connectivity index is 1.30. The number of hydrogen-bond acceptors (Lipinski definition) is 6. The maximum absolute atomic E-state index is 12.7. The van der Waals surface area contributed by atoms with E-state index in [2.05, 4.69) is 17.7 Å². The number of carbonyl (C=O) groups is 4. The zero-order valence-corrected chi connectivity index (χ0v) is 18.9. The van der Waals surface area contributed by atoms with Crippen LogP contribution < -0.4 is 10.7 Å². The van der Waals surface area contributed by atoms with Gasteiger partial charge in [-0.3, -0.25) is 15.0 Å². The monoisotopic (exact) mass is 475 g/mol. The van der Waals surface area contributed by atoms with Gasteiger partial charge in [0.05, 0.1) is 5.02 Å².